The minimum Gasteiger partial charge on any atom is -0.316 e. The molecule has 0 radical (unpaired) electrons. The summed E-state index contributed by atoms with van der Waals surface area (Å²) in [7, 11) is 0. The Morgan fingerprint density at radius 2 is 2.36 bits per heavy atom. The van der Waals surface area contributed by atoms with Crippen LogP contribution in [0.5, 0.6) is 0 Å². The van der Waals surface area contributed by atoms with Gasteiger partial charge in [0.25, 0.3) is 0 Å². The van der Waals surface area contributed by atoms with Crippen molar-refractivity contribution in [1.29, 1.82) is 0 Å². The fourth-order valence-electron chi connectivity index (χ4n) is 1.56. The Bertz CT molecular complexity index is 279. The normalized spacial score (nSPS) is 23.4. The van der Waals surface area contributed by atoms with Crippen molar-refractivity contribution in [2.75, 3.05) is 13.1 Å². The summed E-state index contributed by atoms with van der Waals surface area (Å²) < 4.78 is 1.12. The minimum absolute atomic E-state index is 0.685. The maximum absolute atomic E-state index is 4.14. The van der Waals surface area contributed by atoms with Crippen LogP contribution in [-0.2, 0) is 0 Å². The van der Waals surface area contributed by atoms with E-state index < -0.39 is 0 Å². The van der Waals surface area contributed by atoms with Gasteiger partial charge in [0.1, 0.15) is 5.01 Å². The van der Waals surface area contributed by atoms with Crippen LogP contribution < -0.4 is 5.32 Å². The molecule has 1 saturated heterocycles. The number of hydrogen-bond acceptors (Lipinski definition) is 5. The zero-order chi connectivity index (χ0) is 9.80. The van der Waals surface area contributed by atoms with Gasteiger partial charge in [-0.3, -0.25) is 0 Å². The number of hydrogen-bond donors (Lipinski definition) is 1. The van der Waals surface area contributed by atoms with Crippen LogP contribution >= 0.6 is 23.1 Å². The van der Waals surface area contributed by atoms with E-state index in [1.54, 1.807) is 11.3 Å². The second-order valence-corrected chi connectivity index (χ2v) is 6.26. The van der Waals surface area contributed by atoms with Crippen LogP contribution in [0.25, 0.3) is 0 Å². The summed E-state index contributed by atoms with van der Waals surface area (Å²) in [5.74, 6) is 0. The third-order valence-corrected chi connectivity index (χ3v) is 4.47. The van der Waals surface area contributed by atoms with Crippen molar-refractivity contribution in [3.05, 3.63) is 5.01 Å². The Morgan fingerprint density at radius 3 is 3.14 bits per heavy atom. The average Bonchev–Trinajstić information content (AvgIpc) is 2.43. The third kappa shape index (κ3) is 2.93. The van der Waals surface area contributed by atoms with Crippen molar-refractivity contribution in [1.82, 2.24) is 15.5 Å². The molecular weight excluding hydrogens is 214 g/mol. The van der Waals surface area contributed by atoms with E-state index in [1.807, 2.05) is 18.7 Å². The fourth-order valence-corrected chi connectivity index (χ4v) is 3.79. The predicted molar refractivity (Wildman–Crippen MR) is 61.0 cm³/mol. The van der Waals surface area contributed by atoms with Gasteiger partial charge < -0.3 is 5.32 Å². The molecule has 1 atom stereocenters. The Kier molecular flexibility index (Phi) is 3.78. The summed E-state index contributed by atoms with van der Waals surface area (Å²) in [5, 5.41) is 13.4. The van der Waals surface area contributed by atoms with Crippen LogP contribution in [0.15, 0.2) is 4.34 Å². The number of rotatable bonds is 2. The lowest BCUT2D eigenvalue weighted by Crippen LogP contribution is -2.22. The molecule has 1 aliphatic heterocycles. The van der Waals surface area contributed by atoms with Crippen LogP contribution in [0, 0.1) is 6.92 Å². The smallest absolute Gasteiger partial charge is 0.174 e. The van der Waals surface area contributed by atoms with Crippen LogP contribution in [0.3, 0.4) is 0 Å². The largest absolute Gasteiger partial charge is 0.316 e. The first-order valence-electron chi connectivity index (χ1n) is 5.02. The quantitative estimate of drug-likeness (QED) is 0.842. The number of aromatic nitrogens is 2. The molecule has 0 saturated carbocycles. The highest BCUT2D eigenvalue weighted by molar-refractivity contribution is 8.01. The molecular formula is C9H15N3S2. The van der Waals surface area contributed by atoms with Gasteiger partial charge in [0.15, 0.2) is 4.34 Å². The van der Waals surface area contributed by atoms with Gasteiger partial charge in [0.2, 0.25) is 0 Å². The molecule has 78 valence electrons. The van der Waals surface area contributed by atoms with Crippen molar-refractivity contribution in [2.45, 2.75) is 35.8 Å². The molecule has 1 N–H and O–H groups in total. The molecule has 1 aromatic heterocycles. The van der Waals surface area contributed by atoms with Gasteiger partial charge in [-0.15, -0.1) is 10.2 Å². The van der Waals surface area contributed by atoms with E-state index in [0.717, 1.165) is 15.9 Å². The summed E-state index contributed by atoms with van der Waals surface area (Å²) in [6, 6.07) is 0. The lowest BCUT2D eigenvalue weighted by atomic mass is 10.2. The molecule has 5 heteroatoms. The summed E-state index contributed by atoms with van der Waals surface area (Å²) in [6.45, 7) is 4.29. The fraction of sp³-hybridized carbons (Fsp3) is 0.778. The molecule has 0 aliphatic carbocycles. The number of nitrogens with one attached hydrogen (secondary N) is 1. The molecule has 0 spiro atoms. The van der Waals surface area contributed by atoms with Crippen molar-refractivity contribution >= 4 is 23.1 Å². The molecule has 1 fully saturated rings. The first kappa shape index (κ1) is 10.4. The second-order valence-electron chi connectivity index (χ2n) is 3.53. The number of aryl methyl sites for hydroxylation is 1. The Hall–Kier alpha value is -0.130. The molecule has 1 aromatic rings. The minimum atomic E-state index is 0.685. The highest BCUT2D eigenvalue weighted by Gasteiger charge is 2.14. The van der Waals surface area contributed by atoms with Crippen molar-refractivity contribution in [3.8, 4) is 0 Å². The first-order valence-corrected chi connectivity index (χ1v) is 6.72. The molecule has 2 rings (SSSR count). The standard InChI is InChI=1S/C9H15N3S2/c1-7-11-12-9(13-7)14-8-4-2-3-5-10-6-8/h8,10H,2-6H2,1H3. The Morgan fingerprint density at radius 1 is 1.43 bits per heavy atom. The van der Waals surface area contributed by atoms with Gasteiger partial charge in [-0.05, 0) is 26.3 Å². The van der Waals surface area contributed by atoms with E-state index in [0.29, 0.717) is 5.25 Å². The van der Waals surface area contributed by atoms with Crippen LogP contribution in [-0.4, -0.2) is 28.5 Å². The highest BCUT2D eigenvalue weighted by atomic mass is 32.2. The second kappa shape index (κ2) is 5.09. The van der Waals surface area contributed by atoms with Gasteiger partial charge in [-0.25, -0.2) is 0 Å². The van der Waals surface area contributed by atoms with Crippen LogP contribution in [0.2, 0.25) is 0 Å². The van der Waals surface area contributed by atoms with Gasteiger partial charge in [-0.1, -0.05) is 29.5 Å². The lowest BCUT2D eigenvalue weighted by molar-refractivity contribution is 0.706. The van der Waals surface area contributed by atoms with Crippen LogP contribution in [0.1, 0.15) is 24.3 Å². The monoisotopic (exact) mass is 229 g/mol. The molecule has 2 heterocycles. The maximum Gasteiger partial charge on any atom is 0.174 e. The van der Waals surface area contributed by atoms with E-state index in [2.05, 4.69) is 15.5 Å². The van der Waals surface area contributed by atoms with E-state index in [4.69, 9.17) is 0 Å². The highest BCUT2D eigenvalue weighted by Crippen LogP contribution is 2.29. The molecule has 14 heavy (non-hydrogen) atoms. The summed E-state index contributed by atoms with van der Waals surface area (Å²) in [5.41, 5.74) is 0. The molecule has 0 amide bonds. The SMILES string of the molecule is Cc1nnc(SC2CCCCNC2)s1. The lowest BCUT2D eigenvalue weighted by Gasteiger charge is -2.10. The number of nitrogens with zero attached hydrogens (tertiary/aromatic N) is 2. The maximum atomic E-state index is 4.14. The molecule has 3 nitrogen and oxygen atoms in total. The third-order valence-electron chi connectivity index (χ3n) is 2.28. The Balaban J connectivity index is 1.89. The number of thioether (sulfide) groups is 1. The predicted octanol–water partition coefficient (Wildman–Crippen LogP) is 2.08. The average molecular weight is 229 g/mol. The van der Waals surface area contributed by atoms with Crippen LogP contribution in [0.4, 0.5) is 0 Å². The molecule has 1 unspecified atom stereocenters. The topological polar surface area (TPSA) is 37.8 Å². The van der Waals surface area contributed by atoms with Crippen molar-refractivity contribution < 1.29 is 0 Å². The summed E-state index contributed by atoms with van der Waals surface area (Å²) in [4.78, 5) is 0. The van der Waals surface area contributed by atoms with Gasteiger partial charge in [-0.2, -0.15) is 0 Å². The Labute approximate surface area is 92.7 Å². The zero-order valence-corrected chi connectivity index (χ0v) is 9.96. The molecule has 1 aliphatic rings. The zero-order valence-electron chi connectivity index (χ0n) is 8.32. The summed E-state index contributed by atoms with van der Waals surface area (Å²) >= 11 is 3.58. The first-order chi connectivity index (χ1) is 6.84. The van der Waals surface area contributed by atoms with Crippen molar-refractivity contribution in [2.24, 2.45) is 0 Å². The van der Waals surface area contributed by atoms with E-state index in [9.17, 15) is 0 Å². The van der Waals surface area contributed by atoms with Gasteiger partial charge in [0, 0.05) is 11.8 Å². The van der Waals surface area contributed by atoms with E-state index in [1.165, 1.54) is 25.8 Å². The summed E-state index contributed by atoms with van der Waals surface area (Å²) in [6.07, 6.45) is 3.95. The van der Waals surface area contributed by atoms with E-state index >= 15 is 0 Å². The van der Waals surface area contributed by atoms with Crippen molar-refractivity contribution in [3.63, 3.8) is 0 Å². The van der Waals surface area contributed by atoms with Gasteiger partial charge in [0.05, 0.1) is 0 Å². The van der Waals surface area contributed by atoms with E-state index in [-0.39, 0.29) is 0 Å². The molecule has 0 bridgehead atoms. The van der Waals surface area contributed by atoms with Gasteiger partial charge >= 0.3 is 0 Å². The molecule has 0 aromatic carbocycles.